The second kappa shape index (κ2) is 11.5. The lowest BCUT2D eigenvalue weighted by atomic mass is 10.0. The summed E-state index contributed by atoms with van der Waals surface area (Å²) >= 11 is 0. The van der Waals surface area contributed by atoms with Crippen molar-refractivity contribution in [2.45, 2.75) is 18.6 Å². The third-order valence-corrected chi connectivity index (χ3v) is 6.09. The molecule has 4 rings (SSSR count). The summed E-state index contributed by atoms with van der Waals surface area (Å²) in [5, 5.41) is 16.2. The van der Waals surface area contributed by atoms with Gasteiger partial charge in [0.15, 0.2) is 0 Å². The highest BCUT2D eigenvalue weighted by molar-refractivity contribution is 6.05. The average molecular weight is 538 g/mol. The number of hydrogen-bond donors (Lipinski definition) is 3. The lowest BCUT2D eigenvalue weighted by Crippen LogP contribution is -2.21. The van der Waals surface area contributed by atoms with E-state index >= 15 is 0 Å². The van der Waals surface area contributed by atoms with Crippen LogP contribution in [0, 0.1) is 0 Å². The molecular weight excluding hydrogens is 511 g/mol. The number of amides is 1. The maximum atomic E-state index is 12.9. The zero-order valence-electron chi connectivity index (χ0n) is 21.2. The summed E-state index contributed by atoms with van der Waals surface area (Å²) in [6.45, 7) is 0.712. The van der Waals surface area contributed by atoms with E-state index in [4.69, 9.17) is 0 Å². The number of aromatic nitrogens is 2. The molecule has 0 aliphatic heterocycles. The van der Waals surface area contributed by atoms with Gasteiger partial charge in [-0.25, -0.2) is 14.8 Å². The molecule has 3 N–H and O–H groups in total. The number of para-hydroxylation sites is 1. The van der Waals surface area contributed by atoms with E-state index in [2.05, 4.69) is 20.6 Å². The standard InChI is InChI=1S/C28H26F3N5O3/c1-36(2)14-13-23(35-25-21-7-4-8-22(27(38)39)24(21)32-16-33-25)18-5-3-6-20(15-18)34-26(37)17-9-11-19(12-10-17)28(29,30)31/h3-12,15-16,23H,13-14H2,1-2H3,(H,34,37)(H,38,39)(H,32,33,35). The molecule has 8 nitrogen and oxygen atoms in total. The van der Waals surface area contributed by atoms with E-state index in [1.54, 1.807) is 30.3 Å². The van der Waals surface area contributed by atoms with E-state index < -0.39 is 23.6 Å². The molecular formula is C28H26F3N5O3. The zero-order valence-corrected chi connectivity index (χ0v) is 21.2. The minimum absolute atomic E-state index is 0.0655. The lowest BCUT2D eigenvalue weighted by Gasteiger charge is -2.23. The smallest absolute Gasteiger partial charge is 0.416 e. The van der Waals surface area contributed by atoms with E-state index in [0.717, 1.165) is 29.8 Å². The van der Waals surface area contributed by atoms with Gasteiger partial charge in [-0.15, -0.1) is 0 Å². The molecule has 0 spiro atoms. The van der Waals surface area contributed by atoms with Gasteiger partial charge in [-0.3, -0.25) is 4.79 Å². The second-order valence-electron chi connectivity index (χ2n) is 9.17. The number of rotatable bonds is 9. The van der Waals surface area contributed by atoms with Gasteiger partial charge in [0.25, 0.3) is 5.91 Å². The van der Waals surface area contributed by atoms with Crippen LogP contribution in [0.1, 0.15) is 44.3 Å². The van der Waals surface area contributed by atoms with Crippen LogP contribution >= 0.6 is 0 Å². The highest BCUT2D eigenvalue weighted by atomic mass is 19.4. The first kappa shape index (κ1) is 27.5. The Balaban J connectivity index is 1.60. The molecule has 0 saturated heterocycles. The molecule has 1 aromatic heterocycles. The zero-order chi connectivity index (χ0) is 28.2. The van der Waals surface area contributed by atoms with Crippen molar-refractivity contribution >= 4 is 34.3 Å². The highest BCUT2D eigenvalue weighted by Crippen LogP contribution is 2.30. The average Bonchev–Trinajstić information content (AvgIpc) is 2.90. The molecule has 1 heterocycles. The maximum Gasteiger partial charge on any atom is 0.416 e. The molecule has 0 radical (unpaired) electrons. The molecule has 0 aliphatic carbocycles. The molecule has 4 aromatic rings. The Hall–Kier alpha value is -4.51. The van der Waals surface area contributed by atoms with Crippen molar-refractivity contribution in [1.82, 2.24) is 14.9 Å². The van der Waals surface area contributed by atoms with Crippen molar-refractivity contribution in [3.8, 4) is 0 Å². The molecule has 39 heavy (non-hydrogen) atoms. The largest absolute Gasteiger partial charge is 0.478 e. The lowest BCUT2D eigenvalue weighted by molar-refractivity contribution is -0.137. The number of alkyl halides is 3. The minimum Gasteiger partial charge on any atom is -0.478 e. The molecule has 0 bridgehead atoms. The molecule has 3 aromatic carbocycles. The molecule has 1 atom stereocenters. The Bertz CT molecular complexity index is 1490. The van der Waals surface area contributed by atoms with Gasteiger partial charge in [0.1, 0.15) is 12.1 Å². The SMILES string of the molecule is CN(C)CCC(Nc1ncnc2c(C(=O)O)cccc12)c1cccc(NC(=O)c2ccc(C(F)(F)F)cc2)c1. The van der Waals surface area contributed by atoms with Gasteiger partial charge >= 0.3 is 12.1 Å². The number of aromatic carboxylic acids is 1. The number of carboxylic acids is 1. The quantitative estimate of drug-likeness (QED) is 0.251. The van der Waals surface area contributed by atoms with Gasteiger partial charge in [-0.1, -0.05) is 18.2 Å². The Labute approximate surface area is 222 Å². The first-order chi connectivity index (χ1) is 18.5. The van der Waals surface area contributed by atoms with Crippen LogP contribution in [0.15, 0.2) is 73.1 Å². The first-order valence-electron chi connectivity index (χ1n) is 12.0. The number of hydrogen-bond acceptors (Lipinski definition) is 6. The normalized spacial score (nSPS) is 12.4. The van der Waals surface area contributed by atoms with Crippen molar-refractivity contribution in [2.75, 3.05) is 31.3 Å². The summed E-state index contributed by atoms with van der Waals surface area (Å²) in [6, 6.07) is 15.7. The molecule has 0 fully saturated rings. The molecule has 202 valence electrons. The highest BCUT2D eigenvalue weighted by Gasteiger charge is 2.30. The van der Waals surface area contributed by atoms with Gasteiger partial charge in [0.05, 0.1) is 22.7 Å². The van der Waals surface area contributed by atoms with Crippen molar-refractivity contribution in [2.24, 2.45) is 0 Å². The maximum absolute atomic E-state index is 12.9. The van der Waals surface area contributed by atoms with Crippen LogP contribution < -0.4 is 10.6 Å². The fourth-order valence-electron chi connectivity index (χ4n) is 4.10. The molecule has 1 unspecified atom stereocenters. The van der Waals surface area contributed by atoms with Gasteiger partial charge in [-0.2, -0.15) is 13.2 Å². The number of anilines is 2. The summed E-state index contributed by atoms with van der Waals surface area (Å²) in [6.07, 6.45) is -2.53. The number of nitrogens with zero attached hydrogens (tertiary/aromatic N) is 3. The van der Waals surface area contributed by atoms with Crippen molar-refractivity contribution in [3.63, 3.8) is 0 Å². The van der Waals surface area contributed by atoms with Crippen molar-refractivity contribution in [1.29, 1.82) is 0 Å². The third-order valence-electron chi connectivity index (χ3n) is 6.09. The van der Waals surface area contributed by atoms with Crippen LogP contribution in [-0.4, -0.2) is 52.5 Å². The predicted molar refractivity (Wildman–Crippen MR) is 142 cm³/mol. The second-order valence-corrected chi connectivity index (χ2v) is 9.17. The van der Waals surface area contributed by atoms with E-state index in [1.165, 1.54) is 12.4 Å². The van der Waals surface area contributed by atoms with Crippen LogP contribution in [0.4, 0.5) is 24.7 Å². The van der Waals surface area contributed by atoms with Crippen LogP contribution in [-0.2, 0) is 6.18 Å². The van der Waals surface area contributed by atoms with Crippen LogP contribution in [0.5, 0.6) is 0 Å². The van der Waals surface area contributed by atoms with E-state index in [-0.39, 0.29) is 17.2 Å². The van der Waals surface area contributed by atoms with Crippen LogP contribution in [0.2, 0.25) is 0 Å². The summed E-state index contributed by atoms with van der Waals surface area (Å²) in [5.41, 5.74) is 0.932. The van der Waals surface area contributed by atoms with Crippen LogP contribution in [0.3, 0.4) is 0 Å². The fourth-order valence-corrected chi connectivity index (χ4v) is 4.10. The molecule has 0 saturated carbocycles. The Morgan fingerprint density at radius 2 is 1.72 bits per heavy atom. The number of nitrogens with one attached hydrogen (secondary N) is 2. The summed E-state index contributed by atoms with van der Waals surface area (Å²) < 4.78 is 38.6. The summed E-state index contributed by atoms with van der Waals surface area (Å²) in [5.74, 6) is -1.17. The minimum atomic E-state index is -4.48. The molecule has 11 heteroatoms. The van der Waals surface area contributed by atoms with Gasteiger partial charge < -0.3 is 20.6 Å². The van der Waals surface area contributed by atoms with Crippen molar-refractivity contribution in [3.05, 3.63) is 95.3 Å². The van der Waals surface area contributed by atoms with Gasteiger partial charge in [0.2, 0.25) is 0 Å². The van der Waals surface area contributed by atoms with Gasteiger partial charge in [0, 0.05) is 16.6 Å². The van der Waals surface area contributed by atoms with Crippen molar-refractivity contribution < 1.29 is 27.9 Å². The van der Waals surface area contributed by atoms with Gasteiger partial charge in [-0.05, 0) is 81.2 Å². The Morgan fingerprint density at radius 3 is 2.38 bits per heavy atom. The molecule has 0 aliphatic rings. The number of fused-ring (bicyclic) bond motifs is 1. The number of carbonyl (C=O) groups is 2. The monoisotopic (exact) mass is 537 g/mol. The Morgan fingerprint density at radius 1 is 1.00 bits per heavy atom. The number of carboxylic acid groups (broad SMARTS) is 1. The predicted octanol–water partition coefficient (Wildman–Crippen LogP) is 5.70. The molecule has 1 amide bonds. The summed E-state index contributed by atoms with van der Waals surface area (Å²) in [4.78, 5) is 34.9. The van der Waals surface area contributed by atoms with E-state index in [9.17, 15) is 27.9 Å². The number of carbonyl (C=O) groups excluding carboxylic acids is 1. The number of halogens is 3. The third kappa shape index (κ3) is 6.68. The fraction of sp³-hybridized carbons (Fsp3) is 0.214. The summed E-state index contributed by atoms with van der Waals surface area (Å²) in [7, 11) is 3.88. The first-order valence-corrected chi connectivity index (χ1v) is 12.0. The Kier molecular flexibility index (Phi) is 8.10. The van der Waals surface area contributed by atoms with E-state index in [1.807, 2.05) is 25.1 Å². The number of benzene rings is 3. The van der Waals surface area contributed by atoms with E-state index in [0.29, 0.717) is 35.4 Å². The topological polar surface area (TPSA) is 107 Å². The van der Waals surface area contributed by atoms with Crippen LogP contribution in [0.25, 0.3) is 10.9 Å².